The maximum absolute atomic E-state index is 3.38. The monoisotopic (exact) mass is 614 g/mol. The van der Waals surface area contributed by atoms with Crippen LogP contribution in [-0.2, 0) is 0 Å². The molecule has 0 aromatic heterocycles. The lowest BCUT2D eigenvalue weighted by Gasteiger charge is -2.19. The summed E-state index contributed by atoms with van der Waals surface area (Å²) in [6, 6.07) is 6.89. The van der Waals surface area contributed by atoms with Gasteiger partial charge in [0, 0.05) is 82.9 Å². The van der Waals surface area contributed by atoms with Crippen LogP contribution in [0, 0.1) is 189 Å². The Bertz CT molecular complexity index is 1970. The van der Waals surface area contributed by atoms with E-state index in [9.17, 15) is 0 Å². The molecule has 0 unspecified atom stereocenters. The molecule has 0 aliphatic carbocycles. The Morgan fingerprint density at radius 2 is 0.304 bits per heavy atom. The van der Waals surface area contributed by atoms with Crippen molar-refractivity contribution in [3.63, 3.8) is 0 Å². The Morgan fingerprint density at radius 3 is 0.413 bits per heavy atom. The van der Waals surface area contributed by atoms with Crippen LogP contribution >= 0.6 is 0 Å². The van der Waals surface area contributed by atoms with E-state index in [4.69, 9.17) is 0 Å². The summed E-state index contributed by atoms with van der Waals surface area (Å²) in [5, 5.41) is 0. The second-order valence-corrected chi connectivity index (χ2v) is 18.5. The molecule has 0 spiro atoms. The first-order valence-corrected chi connectivity index (χ1v) is 19.9. The van der Waals surface area contributed by atoms with E-state index in [0.29, 0.717) is 0 Å². The van der Waals surface area contributed by atoms with Crippen molar-refractivity contribution in [3.8, 4) is 189 Å². The molecule has 0 radical (unpaired) electrons. The largest absolute Gasteiger partial charge is 0.139 e. The van der Waals surface area contributed by atoms with E-state index in [1.807, 2.05) is 0 Å². The molecule has 0 N–H and O–H groups in total. The van der Waals surface area contributed by atoms with Gasteiger partial charge in [-0.3, -0.25) is 0 Å². The molecule has 0 aromatic rings. The van der Waals surface area contributed by atoms with Crippen molar-refractivity contribution in [2.24, 2.45) is 0 Å². The second-order valence-electron chi connectivity index (χ2n) is 8.68. The first kappa shape index (κ1) is 39.4. The van der Waals surface area contributed by atoms with Crippen molar-refractivity contribution in [3.05, 3.63) is 0 Å². The molecule has 0 bridgehead atoms. The molecule has 46 heavy (non-hydrogen) atoms. The molecule has 0 fully saturated rings. The van der Waals surface area contributed by atoms with E-state index in [1.54, 1.807) is 0 Å². The quantitative estimate of drug-likeness (QED) is 0.287. The van der Waals surface area contributed by atoms with Crippen LogP contribution in [0.4, 0.5) is 0 Å². The van der Waals surface area contributed by atoms with Gasteiger partial charge in [-0.25, -0.2) is 0 Å². The fraction of sp³-hybridized carbons (Fsp3) is 0.273. The standard InChI is InChI=1S/C44H30Si2/c1-7-45(8-2,9-3)43-41-39-37-35-33-31-29-27-25-23-21-19-17-15-13-14-16-18-20-22-24-26-28-30-32-34-36-38-40-42-44-46(10-4,11-5)12-6/h7-12H2,1-6H3. The van der Waals surface area contributed by atoms with E-state index in [0.717, 1.165) is 36.3 Å². The zero-order valence-electron chi connectivity index (χ0n) is 27.2. The smallest absolute Gasteiger partial charge is 0.117 e. The summed E-state index contributed by atoms with van der Waals surface area (Å²) in [6.07, 6.45) is 0. The minimum absolute atomic E-state index is 1.15. The molecule has 0 saturated heterocycles. The summed E-state index contributed by atoms with van der Waals surface area (Å²) < 4.78 is 0. The molecule has 0 amide bonds. The van der Waals surface area contributed by atoms with Crippen molar-refractivity contribution in [2.45, 2.75) is 77.8 Å². The normalized spacial score (nSPS) is 6.83. The van der Waals surface area contributed by atoms with Gasteiger partial charge in [0.05, 0.1) is 0 Å². The Hall–Kier alpha value is -6.61. The molecule has 2 heteroatoms. The molecule has 0 atom stereocenters. The summed E-state index contributed by atoms with van der Waals surface area (Å²) in [5.41, 5.74) is 6.77. The van der Waals surface area contributed by atoms with Gasteiger partial charge >= 0.3 is 0 Å². The highest BCUT2D eigenvalue weighted by molar-refractivity contribution is 6.87. The summed E-state index contributed by atoms with van der Waals surface area (Å²) in [6.45, 7) is 13.2. The average molecular weight is 615 g/mol. The zero-order chi connectivity index (χ0) is 33.9. The molecule has 0 rings (SSSR count). The molecule has 0 saturated carbocycles. The van der Waals surface area contributed by atoms with Crippen LogP contribution in [0.15, 0.2) is 0 Å². The number of hydrogen-bond acceptors (Lipinski definition) is 0. The van der Waals surface area contributed by atoms with Gasteiger partial charge in [-0.05, 0) is 131 Å². The highest BCUT2D eigenvalue weighted by Crippen LogP contribution is 2.19. The van der Waals surface area contributed by atoms with Crippen LogP contribution in [-0.4, -0.2) is 16.1 Å². The Balaban J connectivity index is 4.67. The predicted molar refractivity (Wildman–Crippen MR) is 199 cm³/mol. The van der Waals surface area contributed by atoms with Crippen LogP contribution < -0.4 is 0 Å². The second kappa shape index (κ2) is 28.5. The van der Waals surface area contributed by atoms with Gasteiger partial charge in [0.15, 0.2) is 0 Å². The molecular weight excluding hydrogens is 585 g/mol. The topological polar surface area (TPSA) is 0 Å². The van der Waals surface area contributed by atoms with Crippen LogP contribution in [0.3, 0.4) is 0 Å². The number of rotatable bonds is 6. The fourth-order valence-electron chi connectivity index (χ4n) is 3.23. The van der Waals surface area contributed by atoms with E-state index in [2.05, 4.69) is 230 Å². The third kappa shape index (κ3) is 21.1. The lowest BCUT2D eigenvalue weighted by Crippen LogP contribution is -2.29. The van der Waals surface area contributed by atoms with Crippen LogP contribution in [0.2, 0.25) is 36.3 Å². The van der Waals surface area contributed by atoms with Crippen LogP contribution in [0.25, 0.3) is 0 Å². The SMILES string of the molecule is CC[Si](C#CC#CC#CC#CC#CC#CC#CC#CC#CC#CC#CC#CC#CC#CC#CC#C[Si](CC)(CC)CC)(CC)CC. The Labute approximate surface area is 281 Å². The third-order valence-corrected chi connectivity index (χ3v) is 16.0. The molecule has 0 nitrogen and oxygen atoms in total. The minimum Gasteiger partial charge on any atom is -0.117 e. The molecular formula is C44H30Si2. The number of hydrogen-bond donors (Lipinski definition) is 0. The van der Waals surface area contributed by atoms with Crippen molar-refractivity contribution < 1.29 is 0 Å². The van der Waals surface area contributed by atoms with Crippen LogP contribution in [0.1, 0.15) is 41.5 Å². The van der Waals surface area contributed by atoms with E-state index in [-0.39, 0.29) is 0 Å². The Morgan fingerprint density at radius 1 is 0.196 bits per heavy atom. The summed E-state index contributed by atoms with van der Waals surface area (Å²) in [7, 11) is -2.92. The lowest BCUT2D eigenvalue weighted by molar-refractivity contribution is 1.20. The highest BCUT2D eigenvalue weighted by atomic mass is 28.3. The van der Waals surface area contributed by atoms with E-state index >= 15 is 0 Å². The van der Waals surface area contributed by atoms with Gasteiger partial charge in [0.1, 0.15) is 16.1 Å². The molecule has 214 valence electrons. The van der Waals surface area contributed by atoms with Gasteiger partial charge < -0.3 is 0 Å². The molecule has 0 aromatic carbocycles. The Kier molecular flexibility index (Phi) is 24.4. The highest BCUT2D eigenvalue weighted by Gasteiger charge is 2.24. The maximum atomic E-state index is 3.38. The summed E-state index contributed by atoms with van der Waals surface area (Å²) >= 11 is 0. The van der Waals surface area contributed by atoms with Crippen molar-refractivity contribution in [1.29, 1.82) is 0 Å². The molecule has 0 aliphatic heterocycles. The van der Waals surface area contributed by atoms with Gasteiger partial charge in [-0.1, -0.05) is 41.5 Å². The first-order valence-electron chi connectivity index (χ1n) is 14.6. The van der Waals surface area contributed by atoms with E-state index in [1.165, 1.54) is 0 Å². The third-order valence-electron chi connectivity index (χ3n) is 6.53. The van der Waals surface area contributed by atoms with E-state index < -0.39 is 16.1 Å². The van der Waals surface area contributed by atoms with Crippen molar-refractivity contribution >= 4 is 16.1 Å². The summed E-state index contributed by atoms with van der Waals surface area (Å²) in [5.74, 6) is 78.4. The van der Waals surface area contributed by atoms with Crippen molar-refractivity contribution in [2.75, 3.05) is 0 Å². The lowest BCUT2D eigenvalue weighted by atomic mass is 10.4. The molecule has 0 aliphatic rings. The van der Waals surface area contributed by atoms with Gasteiger partial charge in [0.2, 0.25) is 0 Å². The molecule has 0 heterocycles. The first-order chi connectivity index (χ1) is 22.6. The maximum Gasteiger partial charge on any atom is 0.139 e. The zero-order valence-corrected chi connectivity index (χ0v) is 29.2. The fourth-order valence-corrected chi connectivity index (χ4v) is 7.95. The predicted octanol–water partition coefficient (Wildman–Crippen LogP) is 5.14. The van der Waals surface area contributed by atoms with Gasteiger partial charge in [0.25, 0.3) is 0 Å². The summed E-state index contributed by atoms with van der Waals surface area (Å²) in [4.78, 5) is 0. The van der Waals surface area contributed by atoms with Crippen LogP contribution in [0.5, 0.6) is 0 Å². The van der Waals surface area contributed by atoms with Gasteiger partial charge in [-0.2, -0.15) is 0 Å². The minimum atomic E-state index is -1.46. The van der Waals surface area contributed by atoms with Gasteiger partial charge in [-0.15, -0.1) is 11.1 Å². The average Bonchev–Trinajstić information content (AvgIpc) is 3.09. The van der Waals surface area contributed by atoms with Crippen molar-refractivity contribution in [1.82, 2.24) is 0 Å².